The fourth-order valence-electron chi connectivity index (χ4n) is 4.30. The van der Waals surface area contributed by atoms with Crippen LogP contribution in [-0.4, -0.2) is 6.26 Å². The van der Waals surface area contributed by atoms with E-state index in [1.807, 2.05) is 0 Å². The summed E-state index contributed by atoms with van der Waals surface area (Å²) in [4.78, 5) is 1.30. The van der Waals surface area contributed by atoms with Crippen LogP contribution in [0.25, 0.3) is 0 Å². The molecule has 0 fully saturated rings. The summed E-state index contributed by atoms with van der Waals surface area (Å²) in [5.74, 6) is 2.01. The van der Waals surface area contributed by atoms with E-state index in [0.717, 1.165) is 22.9 Å². The van der Waals surface area contributed by atoms with Crippen molar-refractivity contribution in [1.29, 1.82) is 0 Å². The normalized spacial score (nSPS) is 14.4. The maximum absolute atomic E-state index is 6.45. The Bertz CT molecular complexity index is 1260. The first kappa shape index (κ1) is 19.8. The molecule has 1 unspecified atom stereocenters. The number of para-hydroxylation sites is 1. The monoisotopic (exact) mass is 423 g/mol. The Morgan fingerprint density at radius 1 is 0.742 bits per heavy atom. The van der Waals surface area contributed by atoms with Crippen molar-refractivity contribution in [2.24, 2.45) is 0 Å². The maximum atomic E-state index is 6.45. The molecule has 0 spiro atoms. The van der Waals surface area contributed by atoms with Crippen molar-refractivity contribution in [3.8, 4) is 11.5 Å². The van der Waals surface area contributed by atoms with Gasteiger partial charge in [0, 0.05) is 39.4 Å². The van der Waals surface area contributed by atoms with E-state index >= 15 is 0 Å². The highest BCUT2D eigenvalue weighted by atomic mass is 32.2. The zero-order valence-electron chi connectivity index (χ0n) is 18.0. The van der Waals surface area contributed by atoms with Crippen molar-refractivity contribution in [1.82, 2.24) is 0 Å². The van der Waals surface area contributed by atoms with Crippen LogP contribution in [-0.2, 0) is 0 Å². The third kappa shape index (κ3) is 3.70. The predicted octanol–water partition coefficient (Wildman–Crippen LogP) is 8.05. The van der Waals surface area contributed by atoms with Crippen LogP contribution in [0.5, 0.6) is 11.5 Å². The highest BCUT2D eigenvalue weighted by Gasteiger charge is 2.30. The number of thioether (sulfide) groups is 1. The van der Waals surface area contributed by atoms with Crippen LogP contribution in [0.2, 0.25) is 0 Å². The van der Waals surface area contributed by atoms with Crippen molar-refractivity contribution in [3.63, 3.8) is 0 Å². The van der Waals surface area contributed by atoms with Crippen LogP contribution in [0, 0.1) is 13.8 Å². The minimum absolute atomic E-state index is 0.149. The molecule has 31 heavy (non-hydrogen) atoms. The highest BCUT2D eigenvalue weighted by molar-refractivity contribution is 7.98. The molecule has 0 aromatic heterocycles. The van der Waals surface area contributed by atoms with E-state index in [-0.39, 0.29) is 5.92 Å². The molecule has 4 aromatic rings. The lowest BCUT2D eigenvalue weighted by Gasteiger charge is -2.30. The second kappa shape index (κ2) is 8.16. The van der Waals surface area contributed by atoms with E-state index in [1.54, 1.807) is 11.8 Å². The Hall–Kier alpha value is -3.17. The summed E-state index contributed by atoms with van der Waals surface area (Å²) in [6.07, 6.45) is 2.14. The summed E-state index contributed by atoms with van der Waals surface area (Å²) >= 11 is 1.79. The fourth-order valence-corrected chi connectivity index (χ4v) is 4.94. The Labute approximate surface area is 188 Å². The topological polar surface area (TPSA) is 21.3 Å². The number of aryl methyl sites for hydroxylation is 2. The van der Waals surface area contributed by atoms with Gasteiger partial charge in [0.25, 0.3) is 0 Å². The minimum atomic E-state index is 0.149. The summed E-state index contributed by atoms with van der Waals surface area (Å²) in [7, 11) is 0. The van der Waals surface area contributed by atoms with Gasteiger partial charge in [0.2, 0.25) is 0 Å². The summed E-state index contributed by atoms with van der Waals surface area (Å²) in [6, 6.07) is 30.1. The predicted molar refractivity (Wildman–Crippen MR) is 131 cm³/mol. The van der Waals surface area contributed by atoms with Crippen LogP contribution in [0.15, 0.2) is 89.8 Å². The summed E-state index contributed by atoms with van der Waals surface area (Å²) in [5.41, 5.74) is 8.30. The molecule has 1 N–H and O–H groups in total. The maximum Gasteiger partial charge on any atom is 0.133 e. The van der Waals surface area contributed by atoms with Crippen molar-refractivity contribution >= 4 is 23.1 Å². The average molecular weight is 424 g/mol. The summed E-state index contributed by atoms with van der Waals surface area (Å²) in [5, 5.41) is 3.55. The zero-order chi connectivity index (χ0) is 21.4. The van der Waals surface area contributed by atoms with Gasteiger partial charge in [-0.1, -0.05) is 54.6 Å². The molecule has 0 aliphatic carbocycles. The standard InChI is InChI=1S/C28H25NOS/c1-18-12-14-21-25(16-18)30-26-17-20(29-24-10-6-4-8-19(24)2)13-15-22(26)28(21)23-9-5-7-11-27(23)31-3/h4-17,28-29H,1-3H3. The van der Waals surface area contributed by atoms with Crippen LogP contribution in [0.4, 0.5) is 11.4 Å². The Morgan fingerprint density at radius 2 is 1.45 bits per heavy atom. The number of benzene rings is 4. The van der Waals surface area contributed by atoms with Crippen LogP contribution < -0.4 is 10.1 Å². The number of ether oxygens (including phenoxy) is 1. The Balaban J connectivity index is 1.63. The molecule has 0 saturated carbocycles. The molecule has 4 aromatic carbocycles. The van der Waals surface area contributed by atoms with E-state index in [4.69, 9.17) is 4.74 Å². The quantitative estimate of drug-likeness (QED) is 0.295. The third-order valence-corrected chi connectivity index (χ3v) is 6.71. The lowest BCUT2D eigenvalue weighted by atomic mass is 9.82. The molecule has 154 valence electrons. The van der Waals surface area contributed by atoms with Gasteiger partial charge in [-0.25, -0.2) is 0 Å². The van der Waals surface area contributed by atoms with Crippen LogP contribution in [0.1, 0.15) is 33.7 Å². The first-order chi connectivity index (χ1) is 15.1. The number of anilines is 2. The highest BCUT2D eigenvalue weighted by Crippen LogP contribution is 2.50. The fraction of sp³-hybridized carbons (Fsp3) is 0.143. The third-order valence-electron chi connectivity index (χ3n) is 5.90. The number of hydrogen-bond acceptors (Lipinski definition) is 3. The van der Waals surface area contributed by atoms with E-state index in [1.165, 1.54) is 32.7 Å². The number of nitrogens with one attached hydrogen (secondary N) is 1. The van der Waals surface area contributed by atoms with Gasteiger partial charge in [-0.05, 0) is 61.1 Å². The van der Waals surface area contributed by atoms with Gasteiger partial charge >= 0.3 is 0 Å². The molecule has 0 bridgehead atoms. The molecule has 0 amide bonds. The average Bonchev–Trinajstić information content (AvgIpc) is 2.79. The van der Waals surface area contributed by atoms with Gasteiger partial charge in [0.15, 0.2) is 0 Å². The zero-order valence-corrected chi connectivity index (χ0v) is 18.8. The van der Waals surface area contributed by atoms with Gasteiger partial charge in [-0.2, -0.15) is 0 Å². The van der Waals surface area contributed by atoms with Gasteiger partial charge < -0.3 is 10.1 Å². The minimum Gasteiger partial charge on any atom is -0.457 e. The summed E-state index contributed by atoms with van der Waals surface area (Å²) in [6.45, 7) is 4.23. The van der Waals surface area contributed by atoms with Crippen LogP contribution in [0.3, 0.4) is 0 Å². The van der Waals surface area contributed by atoms with E-state index in [2.05, 4.69) is 110 Å². The second-order valence-corrected chi connectivity index (χ2v) is 8.86. The van der Waals surface area contributed by atoms with Gasteiger partial charge in [-0.3, -0.25) is 0 Å². The smallest absolute Gasteiger partial charge is 0.133 e. The van der Waals surface area contributed by atoms with E-state index < -0.39 is 0 Å². The van der Waals surface area contributed by atoms with Crippen molar-refractivity contribution in [2.45, 2.75) is 24.7 Å². The number of rotatable bonds is 4. The van der Waals surface area contributed by atoms with Crippen LogP contribution >= 0.6 is 11.8 Å². The molecular formula is C28H25NOS. The molecule has 1 heterocycles. The Kier molecular flexibility index (Phi) is 5.21. The lowest BCUT2D eigenvalue weighted by molar-refractivity contribution is 0.452. The lowest BCUT2D eigenvalue weighted by Crippen LogP contribution is -2.13. The van der Waals surface area contributed by atoms with E-state index in [0.29, 0.717) is 0 Å². The molecule has 1 aliphatic heterocycles. The Morgan fingerprint density at radius 3 is 2.26 bits per heavy atom. The van der Waals surface area contributed by atoms with Crippen molar-refractivity contribution < 1.29 is 4.74 Å². The molecule has 5 rings (SSSR count). The van der Waals surface area contributed by atoms with Gasteiger partial charge in [0.1, 0.15) is 11.5 Å². The largest absolute Gasteiger partial charge is 0.457 e. The second-order valence-electron chi connectivity index (χ2n) is 8.01. The molecule has 1 aliphatic rings. The van der Waals surface area contributed by atoms with E-state index in [9.17, 15) is 0 Å². The molecule has 0 saturated heterocycles. The molecule has 0 radical (unpaired) electrons. The molecule has 3 heteroatoms. The number of hydrogen-bond donors (Lipinski definition) is 1. The van der Waals surface area contributed by atoms with Gasteiger partial charge in [0.05, 0.1) is 0 Å². The van der Waals surface area contributed by atoms with Crippen molar-refractivity contribution in [2.75, 3.05) is 11.6 Å². The number of fused-ring (bicyclic) bond motifs is 2. The van der Waals surface area contributed by atoms with Crippen molar-refractivity contribution in [3.05, 3.63) is 113 Å². The molecular weight excluding hydrogens is 398 g/mol. The SMILES string of the molecule is CSc1ccccc1C1c2ccc(C)cc2Oc2cc(Nc3ccccc3C)ccc21. The molecule has 2 nitrogen and oxygen atoms in total. The van der Waals surface area contributed by atoms with Gasteiger partial charge in [-0.15, -0.1) is 11.8 Å². The first-order valence-corrected chi connectivity index (χ1v) is 11.7. The summed E-state index contributed by atoms with van der Waals surface area (Å²) < 4.78 is 6.45. The molecule has 1 atom stereocenters. The first-order valence-electron chi connectivity index (χ1n) is 10.5.